The monoisotopic (exact) mass is 385 g/mol. The molecule has 2 aliphatic rings. The number of carbonyl (C=O) groups excluding carboxylic acids is 1. The molecule has 1 aromatic carbocycles. The van der Waals surface area contributed by atoms with Crippen LogP contribution in [0.25, 0.3) is 0 Å². The third-order valence-corrected chi connectivity index (χ3v) is 5.46. The van der Waals surface area contributed by atoms with Crippen molar-refractivity contribution in [1.29, 1.82) is 0 Å². The van der Waals surface area contributed by atoms with E-state index in [0.717, 1.165) is 44.0 Å². The maximum atomic E-state index is 12.3. The summed E-state index contributed by atoms with van der Waals surface area (Å²) in [6.07, 6.45) is 5.74. The molecule has 1 N–H and O–H groups in total. The number of benzene rings is 1. The maximum absolute atomic E-state index is 12.3. The molecule has 4 rings (SSSR count). The van der Waals surface area contributed by atoms with E-state index < -0.39 is 0 Å². The molecule has 1 aromatic heterocycles. The third kappa shape index (κ3) is 4.30. The lowest BCUT2D eigenvalue weighted by Crippen LogP contribution is -2.38. The largest absolute Gasteiger partial charge is 0.493 e. The molecule has 2 heterocycles. The minimum Gasteiger partial charge on any atom is -0.493 e. The van der Waals surface area contributed by atoms with E-state index in [1.165, 1.54) is 30.2 Å². The zero-order valence-corrected chi connectivity index (χ0v) is 16.5. The van der Waals surface area contributed by atoms with E-state index in [-0.39, 0.29) is 5.91 Å². The van der Waals surface area contributed by atoms with Crippen LogP contribution < -0.4 is 14.8 Å². The first-order valence-corrected chi connectivity index (χ1v) is 9.85. The highest BCUT2D eigenvalue weighted by molar-refractivity contribution is 5.91. The minimum absolute atomic E-state index is 0.172. The highest BCUT2D eigenvalue weighted by atomic mass is 16.5. The summed E-state index contributed by atoms with van der Waals surface area (Å²) in [5.41, 5.74) is 2.91. The summed E-state index contributed by atoms with van der Waals surface area (Å²) in [5, 5.41) is 2.95. The van der Waals surface area contributed by atoms with Gasteiger partial charge in [-0.05, 0) is 48.4 Å². The quantitative estimate of drug-likeness (QED) is 0.752. The topological polar surface area (TPSA) is 76.8 Å². The van der Waals surface area contributed by atoms with Crippen LogP contribution in [0.4, 0.5) is 0 Å². The van der Waals surface area contributed by atoms with E-state index in [4.69, 9.17) is 13.9 Å². The van der Waals surface area contributed by atoms with E-state index >= 15 is 0 Å². The summed E-state index contributed by atoms with van der Waals surface area (Å²) >= 11 is 0. The summed E-state index contributed by atoms with van der Waals surface area (Å²) in [4.78, 5) is 18.9. The first kappa shape index (κ1) is 18.8. The Morgan fingerprint density at radius 3 is 2.71 bits per heavy atom. The number of carbonyl (C=O) groups is 1. The van der Waals surface area contributed by atoms with Gasteiger partial charge in [-0.1, -0.05) is 0 Å². The van der Waals surface area contributed by atoms with Crippen LogP contribution in [0.3, 0.4) is 0 Å². The van der Waals surface area contributed by atoms with Gasteiger partial charge in [0.25, 0.3) is 5.91 Å². The Morgan fingerprint density at radius 2 is 2.00 bits per heavy atom. The van der Waals surface area contributed by atoms with Crippen LogP contribution in [-0.4, -0.2) is 49.6 Å². The second-order valence-corrected chi connectivity index (χ2v) is 7.53. The highest BCUT2D eigenvalue weighted by Gasteiger charge is 2.24. The van der Waals surface area contributed by atoms with Crippen molar-refractivity contribution in [3.05, 3.63) is 41.1 Å². The van der Waals surface area contributed by atoms with E-state index in [1.807, 2.05) is 0 Å². The van der Waals surface area contributed by atoms with E-state index in [0.29, 0.717) is 24.0 Å². The standard InChI is InChI=1S/C21H27N3O4/c1-26-18-10-15-5-7-24(12-16(15)11-19(18)27-2)8-6-22-21(25)17-13-28-20(23-17)9-14-3-4-14/h10-11,13-14H,3-9,12H2,1-2H3,(H,22,25). The van der Waals surface area contributed by atoms with Crippen molar-refractivity contribution < 1.29 is 18.7 Å². The first-order chi connectivity index (χ1) is 13.7. The Balaban J connectivity index is 1.27. The van der Waals surface area contributed by atoms with Crippen molar-refractivity contribution in [3.63, 3.8) is 0 Å². The van der Waals surface area contributed by atoms with Crippen LogP contribution in [0.15, 0.2) is 22.8 Å². The molecule has 7 nitrogen and oxygen atoms in total. The molecule has 28 heavy (non-hydrogen) atoms. The first-order valence-electron chi connectivity index (χ1n) is 9.85. The zero-order chi connectivity index (χ0) is 19.5. The molecule has 1 aliphatic heterocycles. The molecule has 1 saturated carbocycles. The molecule has 0 radical (unpaired) electrons. The number of hydrogen-bond acceptors (Lipinski definition) is 6. The fraction of sp³-hybridized carbons (Fsp3) is 0.524. The summed E-state index contributed by atoms with van der Waals surface area (Å²) in [5.74, 6) is 2.72. The van der Waals surface area contributed by atoms with Gasteiger partial charge >= 0.3 is 0 Å². The smallest absolute Gasteiger partial charge is 0.273 e. The Kier molecular flexibility index (Phi) is 5.52. The normalized spacial score (nSPS) is 16.5. The van der Waals surface area contributed by atoms with Gasteiger partial charge in [0, 0.05) is 32.6 Å². The lowest BCUT2D eigenvalue weighted by Gasteiger charge is -2.29. The van der Waals surface area contributed by atoms with Crippen LogP contribution in [0.5, 0.6) is 11.5 Å². The van der Waals surface area contributed by atoms with E-state index in [9.17, 15) is 4.79 Å². The molecule has 0 bridgehead atoms. The number of amides is 1. The summed E-state index contributed by atoms with van der Waals surface area (Å²) in [6.45, 7) is 3.15. The zero-order valence-electron chi connectivity index (χ0n) is 16.5. The second-order valence-electron chi connectivity index (χ2n) is 7.53. The number of oxazole rings is 1. The number of aromatic nitrogens is 1. The molecule has 1 aliphatic carbocycles. The Bertz CT molecular complexity index is 844. The number of nitrogens with one attached hydrogen (secondary N) is 1. The molecule has 1 amide bonds. The molecule has 2 aromatic rings. The Labute approximate surface area is 165 Å². The number of methoxy groups -OCH3 is 2. The van der Waals surface area contributed by atoms with E-state index in [1.54, 1.807) is 14.2 Å². The Hall–Kier alpha value is -2.54. The van der Waals surface area contributed by atoms with Crippen molar-refractivity contribution in [3.8, 4) is 11.5 Å². The van der Waals surface area contributed by atoms with Crippen molar-refractivity contribution in [2.45, 2.75) is 32.2 Å². The average molecular weight is 385 g/mol. The molecule has 0 saturated heterocycles. The Morgan fingerprint density at radius 1 is 1.25 bits per heavy atom. The van der Waals surface area contributed by atoms with Crippen LogP contribution in [-0.2, 0) is 19.4 Å². The second kappa shape index (κ2) is 8.22. The van der Waals surface area contributed by atoms with Gasteiger partial charge < -0.3 is 19.2 Å². The highest BCUT2D eigenvalue weighted by Crippen LogP contribution is 2.33. The van der Waals surface area contributed by atoms with Crippen molar-refractivity contribution in [2.75, 3.05) is 33.9 Å². The molecule has 0 unspecified atom stereocenters. The predicted octanol–water partition coefficient (Wildman–Crippen LogP) is 2.43. The average Bonchev–Trinajstić information content (AvgIpc) is 3.40. The number of rotatable bonds is 8. The van der Waals surface area contributed by atoms with Gasteiger partial charge in [-0.15, -0.1) is 0 Å². The van der Waals surface area contributed by atoms with Gasteiger partial charge in [0.15, 0.2) is 23.1 Å². The van der Waals surface area contributed by atoms with Crippen LogP contribution in [0.2, 0.25) is 0 Å². The van der Waals surface area contributed by atoms with Gasteiger partial charge in [-0.25, -0.2) is 4.98 Å². The number of fused-ring (bicyclic) bond motifs is 1. The number of ether oxygens (including phenoxy) is 2. The van der Waals surface area contributed by atoms with E-state index in [2.05, 4.69) is 27.3 Å². The fourth-order valence-corrected chi connectivity index (χ4v) is 3.63. The minimum atomic E-state index is -0.172. The lowest BCUT2D eigenvalue weighted by molar-refractivity contribution is 0.0942. The van der Waals surface area contributed by atoms with Gasteiger partial charge in [0.05, 0.1) is 14.2 Å². The lowest BCUT2D eigenvalue weighted by atomic mass is 9.99. The summed E-state index contributed by atoms with van der Waals surface area (Å²) in [7, 11) is 3.31. The molecular formula is C21H27N3O4. The number of hydrogen-bond donors (Lipinski definition) is 1. The van der Waals surface area contributed by atoms with Gasteiger partial charge in [0.1, 0.15) is 6.26 Å². The van der Waals surface area contributed by atoms with Gasteiger partial charge in [-0.2, -0.15) is 0 Å². The molecule has 150 valence electrons. The van der Waals surface area contributed by atoms with Crippen LogP contribution in [0, 0.1) is 5.92 Å². The summed E-state index contributed by atoms with van der Waals surface area (Å²) < 4.78 is 16.2. The fourth-order valence-electron chi connectivity index (χ4n) is 3.63. The predicted molar refractivity (Wildman–Crippen MR) is 104 cm³/mol. The maximum Gasteiger partial charge on any atom is 0.273 e. The SMILES string of the molecule is COc1cc2c(cc1OC)CN(CCNC(=O)c1coc(CC3CC3)n1)CC2. The van der Waals surface area contributed by atoms with Crippen molar-refractivity contribution in [2.24, 2.45) is 5.92 Å². The molecule has 7 heteroatoms. The van der Waals surface area contributed by atoms with Crippen molar-refractivity contribution in [1.82, 2.24) is 15.2 Å². The number of nitrogens with zero attached hydrogens (tertiary/aromatic N) is 2. The molecular weight excluding hydrogens is 358 g/mol. The van der Waals surface area contributed by atoms with Crippen LogP contribution >= 0.6 is 0 Å². The van der Waals surface area contributed by atoms with Crippen molar-refractivity contribution >= 4 is 5.91 Å². The molecule has 0 atom stereocenters. The van der Waals surface area contributed by atoms with Gasteiger partial charge in [-0.3, -0.25) is 9.69 Å². The third-order valence-electron chi connectivity index (χ3n) is 5.46. The van der Waals surface area contributed by atoms with Crippen LogP contribution in [0.1, 0.15) is 40.3 Å². The molecule has 0 spiro atoms. The molecule has 1 fully saturated rings. The van der Waals surface area contributed by atoms with Gasteiger partial charge in [0.2, 0.25) is 0 Å². The summed E-state index contributed by atoms with van der Waals surface area (Å²) in [6, 6.07) is 4.12.